The van der Waals surface area contributed by atoms with Gasteiger partial charge in [-0.05, 0) is 43.3 Å². The van der Waals surface area contributed by atoms with Crippen LogP contribution in [0.2, 0.25) is 0 Å². The summed E-state index contributed by atoms with van der Waals surface area (Å²) in [5.41, 5.74) is 4.12. The van der Waals surface area contributed by atoms with Gasteiger partial charge >= 0.3 is 0 Å². The third-order valence-corrected chi connectivity index (χ3v) is 5.71. The molecule has 1 N–H and O–H groups in total. The van der Waals surface area contributed by atoms with Crippen LogP contribution in [0.25, 0.3) is 16.9 Å². The van der Waals surface area contributed by atoms with Crippen molar-refractivity contribution in [3.05, 3.63) is 90.6 Å². The number of hydrogen-bond acceptors (Lipinski definition) is 4. The van der Waals surface area contributed by atoms with Crippen molar-refractivity contribution in [3.63, 3.8) is 0 Å². The molecule has 0 fully saturated rings. The Morgan fingerprint density at radius 2 is 1.54 bits per heavy atom. The van der Waals surface area contributed by atoms with E-state index in [-0.39, 0.29) is 4.90 Å². The van der Waals surface area contributed by atoms with E-state index in [1.807, 2.05) is 37.3 Å². The fourth-order valence-electron chi connectivity index (χ4n) is 2.83. The smallest absolute Gasteiger partial charge is 0.261 e. The first kappa shape index (κ1) is 17.9. The Kier molecular flexibility index (Phi) is 4.67. The first-order chi connectivity index (χ1) is 13.5. The number of aromatic nitrogens is 3. The fourth-order valence-corrected chi connectivity index (χ4v) is 3.89. The zero-order chi connectivity index (χ0) is 19.6. The zero-order valence-corrected chi connectivity index (χ0v) is 16.0. The van der Waals surface area contributed by atoms with Crippen LogP contribution in [0.15, 0.2) is 90.0 Å². The quantitative estimate of drug-likeness (QED) is 0.558. The maximum Gasteiger partial charge on any atom is 0.261 e. The Hall–Kier alpha value is -3.45. The van der Waals surface area contributed by atoms with Gasteiger partial charge in [-0.15, -0.1) is 5.10 Å². The molecule has 0 aliphatic rings. The lowest BCUT2D eigenvalue weighted by molar-refractivity contribution is 0.601. The Morgan fingerprint density at radius 3 is 2.21 bits per heavy atom. The molecule has 7 heteroatoms. The molecule has 0 unspecified atom stereocenters. The van der Waals surface area contributed by atoms with E-state index in [0.29, 0.717) is 5.69 Å². The van der Waals surface area contributed by atoms with Crippen LogP contribution >= 0.6 is 0 Å². The van der Waals surface area contributed by atoms with E-state index in [9.17, 15) is 8.42 Å². The average Bonchev–Trinajstić information content (AvgIpc) is 3.19. The summed E-state index contributed by atoms with van der Waals surface area (Å²) in [7, 11) is -3.63. The summed E-state index contributed by atoms with van der Waals surface area (Å²) in [4.78, 5) is 0.227. The number of nitrogens with one attached hydrogen (secondary N) is 1. The molecule has 4 aromatic rings. The summed E-state index contributed by atoms with van der Waals surface area (Å²) in [6.45, 7) is 1.91. The Morgan fingerprint density at radius 1 is 0.857 bits per heavy atom. The molecular weight excluding hydrogens is 372 g/mol. The number of sulfonamides is 1. The van der Waals surface area contributed by atoms with Gasteiger partial charge < -0.3 is 0 Å². The van der Waals surface area contributed by atoms with E-state index < -0.39 is 10.0 Å². The van der Waals surface area contributed by atoms with Crippen molar-refractivity contribution in [1.29, 1.82) is 0 Å². The summed E-state index contributed by atoms with van der Waals surface area (Å²) in [6.07, 6.45) is 1.70. The number of nitrogens with zero attached hydrogens (tertiary/aromatic N) is 3. The van der Waals surface area contributed by atoms with E-state index in [2.05, 4.69) is 15.0 Å². The zero-order valence-electron chi connectivity index (χ0n) is 15.1. The molecule has 140 valence electrons. The summed E-state index contributed by atoms with van der Waals surface area (Å²) >= 11 is 0. The van der Waals surface area contributed by atoms with Crippen LogP contribution in [0.5, 0.6) is 0 Å². The van der Waals surface area contributed by atoms with Crippen molar-refractivity contribution in [2.75, 3.05) is 4.72 Å². The molecule has 28 heavy (non-hydrogen) atoms. The van der Waals surface area contributed by atoms with Gasteiger partial charge in [0.1, 0.15) is 0 Å². The Balaban J connectivity index is 1.59. The summed E-state index contributed by atoms with van der Waals surface area (Å²) in [6, 6.07) is 23.6. The molecule has 0 bridgehead atoms. The summed E-state index contributed by atoms with van der Waals surface area (Å²) in [5, 5.41) is 8.16. The van der Waals surface area contributed by atoms with Crippen molar-refractivity contribution in [1.82, 2.24) is 15.0 Å². The molecule has 3 aromatic carbocycles. The van der Waals surface area contributed by atoms with Crippen LogP contribution in [0.1, 0.15) is 5.56 Å². The maximum absolute atomic E-state index is 12.5. The van der Waals surface area contributed by atoms with Crippen LogP contribution in [0, 0.1) is 6.92 Å². The van der Waals surface area contributed by atoms with Gasteiger partial charge in [0.05, 0.1) is 22.5 Å². The topological polar surface area (TPSA) is 76.9 Å². The third kappa shape index (κ3) is 3.65. The molecule has 1 heterocycles. The van der Waals surface area contributed by atoms with Crippen LogP contribution in [0.4, 0.5) is 5.69 Å². The normalized spacial score (nSPS) is 11.3. The van der Waals surface area contributed by atoms with Gasteiger partial charge in [0.15, 0.2) is 0 Å². The largest absolute Gasteiger partial charge is 0.280 e. The molecule has 0 atom stereocenters. The Labute approximate surface area is 163 Å². The predicted molar refractivity (Wildman–Crippen MR) is 109 cm³/mol. The summed E-state index contributed by atoms with van der Waals surface area (Å²) < 4.78 is 29.4. The third-order valence-electron chi connectivity index (χ3n) is 4.31. The Bertz CT molecular complexity index is 1180. The highest BCUT2D eigenvalue weighted by Gasteiger charge is 2.14. The van der Waals surface area contributed by atoms with E-state index in [1.165, 1.54) is 0 Å². The van der Waals surface area contributed by atoms with Crippen LogP contribution < -0.4 is 4.72 Å². The average molecular weight is 390 g/mol. The standard InChI is InChI=1S/C21H18N4O2S/c1-16-7-13-20(14-8-16)28(26,27)23-18-9-11-19(12-10-18)25-21(15-22-24-25)17-5-3-2-4-6-17/h2-15,23H,1H3. The number of benzene rings is 3. The molecule has 0 radical (unpaired) electrons. The van der Waals surface area contributed by atoms with Crippen molar-refractivity contribution in [2.45, 2.75) is 11.8 Å². The first-order valence-electron chi connectivity index (χ1n) is 8.69. The highest BCUT2D eigenvalue weighted by molar-refractivity contribution is 7.92. The van der Waals surface area contributed by atoms with E-state index >= 15 is 0 Å². The number of anilines is 1. The van der Waals surface area contributed by atoms with Crippen molar-refractivity contribution < 1.29 is 8.42 Å². The second kappa shape index (κ2) is 7.28. The van der Waals surface area contributed by atoms with E-state index in [0.717, 1.165) is 22.5 Å². The fraction of sp³-hybridized carbons (Fsp3) is 0.0476. The first-order valence-corrected chi connectivity index (χ1v) is 10.2. The van der Waals surface area contributed by atoms with E-state index in [1.54, 1.807) is 59.4 Å². The second-order valence-corrected chi connectivity index (χ2v) is 8.04. The monoisotopic (exact) mass is 390 g/mol. The highest BCUT2D eigenvalue weighted by atomic mass is 32.2. The van der Waals surface area contributed by atoms with E-state index in [4.69, 9.17) is 0 Å². The van der Waals surface area contributed by atoms with Gasteiger partial charge in [0.25, 0.3) is 10.0 Å². The molecule has 1 aromatic heterocycles. The number of hydrogen-bond donors (Lipinski definition) is 1. The van der Waals surface area contributed by atoms with Crippen molar-refractivity contribution >= 4 is 15.7 Å². The molecule has 0 amide bonds. The number of aryl methyl sites for hydroxylation is 1. The lowest BCUT2D eigenvalue weighted by atomic mass is 10.1. The minimum Gasteiger partial charge on any atom is -0.280 e. The minimum atomic E-state index is -3.63. The van der Waals surface area contributed by atoms with Crippen molar-refractivity contribution in [3.8, 4) is 16.9 Å². The van der Waals surface area contributed by atoms with Gasteiger partial charge in [-0.25, -0.2) is 13.1 Å². The van der Waals surface area contributed by atoms with Crippen LogP contribution in [-0.4, -0.2) is 23.4 Å². The number of rotatable bonds is 5. The molecule has 0 aliphatic carbocycles. The molecule has 0 saturated carbocycles. The van der Waals surface area contributed by atoms with Crippen molar-refractivity contribution in [2.24, 2.45) is 0 Å². The molecule has 4 rings (SSSR count). The molecule has 6 nitrogen and oxygen atoms in total. The highest BCUT2D eigenvalue weighted by Crippen LogP contribution is 2.23. The molecular formula is C21H18N4O2S. The SMILES string of the molecule is Cc1ccc(S(=O)(=O)Nc2ccc(-n3nncc3-c3ccccc3)cc2)cc1. The second-order valence-electron chi connectivity index (χ2n) is 6.36. The van der Waals surface area contributed by atoms with Gasteiger partial charge in [-0.1, -0.05) is 53.2 Å². The van der Waals surface area contributed by atoms with Gasteiger partial charge in [-0.3, -0.25) is 4.72 Å². The van der Waals surface area contributed by atoms with Crippen LogP contribution in [0.3, 0.4) is 0 Å². The molecule has 0 aliphatic heterocycles. The predicted octanol–water partition coefficient (Wildman–Crippen LogP) is 4.04. The van der Waals surface area contributed by atoms with Gasteiger partial charge in [0.2, 0.25) is 0 Å². The lowest BCUT2D eigenvalue weighted by Crippen LogP contribution is -2.13. The maximum atomic E-state index is 12.5. The van der Waals surface area contributed by atoms with Crippen LogP contribution in [-0.2, 0) is 10.0 Å². The minimum absolute atomic E-state index is 0.227. The van der Waals surface area contributed by atoms with Gasteiger partial charge in [0, 0.05) is 11.3 Å². The van der Waals surface area contributed by atoms with Gasteiger partial charge in [-0.2, -0.15) is 0 Å². The molecule has 0 spiro atoms. The lowest BCUT2D eigenvalue weighted by Gasteiger charge is -2.10. The molecule has 0 saturated heterocycles. The summed E-state index contributed by atoms with van der Waals surface area (Å²) in [5.74, 6) is 0.